The molecule has 12 nitrogen and oxygen atoms in total. The van der Waals surface area contributed by atoms with Gasteiger partial charge in [0.1, 0.15) is 26.4 Å². The van der Waals surface area contributed by atoms with Gasteiger partial charge in [0.15, 0.2) is 0 Å². The molecule has 2 aliphatic rings. The van der Waals surface area contributed by atoms with Crippen molar-refractivity contribution in [3.8, 4) is 0 Å². The molecule has 0 fully saturated rings. The number of carbonyl (C=O) groups is 4. The first-order valence-electron chi connectivity index (χ1n) is 16.4. The van der Waals surface area contributed by atoms with E-state index in [-0.39, 0.29) is 124 Å². The zero-order valence-electron chi connectivity index (χ0n) is 29.8. The van der Waals surface area contributed by atoms with Gasteiger partial charge in [0.25, 0.3) is 0 Å². The monoisotopic (exact) mass is 680 g/mol. The molecule has 0 spiro atoms. The van der Waals surface area contributed by atoms with E-state index in [2.05, 4.69) is 0 Å². The standard InChI is InChI=1S/2C18H28O6/c2*1-13-7-5-9-17(19)24-12-16(22-4)14(2)8-6-10-18(20)23-11-15(13)21-3/h2*5-8,13-16H,9-12H2,1-4H3/b2*7-5+,8-6+/t2*13-,14-,15-,16-/m11/s1. The maximum Gasteiger partial charge on any atom is 0.309 e. The van der Waals surface area contributed by atoms with Crippen LogP contribution in [0.4, 0.5) is 0 Å². The molecule has 0 aromatic rings. The Morgan fingerprint density at radius 3 is 0.771 bits per heavy atom. The Hall–Kier alpha value is -3.32. The zero-order valence-corrected chi connectivity index (χ0v) is 29.8. The van der Waals surface area contributed by atoms with E-state index in [1.54, 1.807) is 52.7 Å². The number of cyclic esters (lactones) is 4. The van der Waals surface area contributed by atoms with Gasteiger partial charge in [0.2, 0.25) is 0 Å². The number of hydrogen-bond acceptors (Lipinski definition) is 12. The molecule has 0 aliphatic carbocycles. The molecule has 0 saturated heterocycles. The van der Waals surface area contributed by atoms with Crippen LogP contribution in [-0.2, 0) is 57.1 Å². The summed E-state index contributed by atoms with van der Waals surface area (Å²) in [6.45, 7) is 8.46. The predicted octanol–water partition coefficient (Wildman–Crippen LogP) is 4.56. The van der Waals surface area contributed by atoms with E-state index in [1.807, 2.05) is 52.0 Å². The van der Waals surface area contributed by atoms with E-state index >= 15 is 0 Å². The molecule has 0 unspecified atom stereocenters. The van der Waals surface area contributed by atoms with Gasteiger partial charge in [-0.2, -0.15) is 0 Å². The summed E-state index contributed by atoms with van der Waals surface area (Å²) >= 11 is 0. The summed E-state index contributed by atoms with van der Waals surface area (Å²) in [5.41, 5.74) is 0. The quantitative estimate of drug-likeness (QED) is 0.233. The van der Waals surface area contributed by atoms with Crippen molar-refractivity contribution >= 4 is 23.9 Å². The van der Waals surface area contributed by atoms with Crippen molar-refractivity contribution in [2.24, 2.45) is 23.7 Å². The van der Waals surface area contributed by atoms with E-state index in [9.17, 15) is 19.2 Å². The van der Waals surface area contributed by atoms with Crippen molar-refractivity contribution in [3.05, 3.63) is 48.6 Å². The summed E-state index contributed by atoms with van der Waals surface area (Å²) in [5, 5.41) is 0. The van der Waals surface area contributed by atoms with Crippen LogP contribution in [0.2, 0.25) is 0 Å². The predicted molar refractivity (Wildman–Crippen MR) is 179 cm³/mol. The van der Waals surface area contributed by atoms with Gasteiger partial charge in [0, 0.05) is 52.1 Å². The van der Waals surface area contributed by atoms with Crippen molar-refractivity contribution in [3.63, 3.8) is 0 Å². The van der Waals surface area contributed by atoms with Gasteiger partial charge in [-0.3, -0.25) is 19.2 Å². The number of ether oxygens (including phenoxy) is 8. The Bertz CT molecular complexity index is 913. The van der Waals surface area contributed by atoms with Crippen LogP contribution in [0, 0.1) is 23.7 Å². The summed E-state index contributed by atoms with van der Waals surface area (Å²) in [7, 11) is 6.29. The third-order valence-electron chi connectivity index (χ3n) is 8.09. The van der Waals surface area contributed by atoms with Crippen LogP contribution in [0.5, 0.6) is 0 Å². The Morgan fingerprint density at radius 1 is 0.417 bits per heavy atom. The second-order valence-corrected chi connectivity index (χ2v) is 11.8. The lowest BCUT2D eigenvalue weighted by Crippen LogP contribution is -2.27. The van der Waals surface area contributed by atoms with Gasteiger partial charge in [-0.1, -0.05) is 76.3 Å². The van der Waals surface area contributed by atoms with Gasteiger partial charge in [-0.25, -0.2) is 0 Å². The molecule has 0 N–H and O–H groups in total. The molecule has 272 valence electrons. The van der Waals surface area contributed by atoms with Crippen molar-refractivity contribution in [1.82, 2.24) is 0 Å². The molecule has 2 heterocycles. The van der Waals surface area contributed by atoms with E-state index < -0.39 is 0 Å². The number of hydrogen-bond donors (Lipinski definition) is 0. The first-order valence-corrected chi connectivity index (χ1v) is 16.4. The largest absolute Gasteiger partial charge is 0.463 e. The minimum atomic E-state index is -0.302. The Balaban J connectivity index is 0.000000480. The molecule has 0 radical (unpaired) electrons. The summed E-state index contributed by atoms with van der Waals surface area (Å²) in [6, 6.07) is 0. The van der Waals surface area contributed by atoms with Crippen LogP contribution in [0.25, 0.3) is 0 Å². The first kappa shape index (κ1) is 42.7. The third kappa shape index (κ3) is 17.7. The highest BCUT2D eigenvalue weighted by atomic mass is 16.6. The summed E-state index contributed by atoms with van der Waals surface area (Å²) in [6.07, 6.45) is 14.2. The maximum atomic E-state index is 11.8. The average molecular weight is 681 g/mol. The van der Waals surface area contributed by atoms with E-state index in [1.165, 1.54) is 0 Å². The van der Waals surface area contributed by atoms with Crippen LogP contribution >= 0.6 is 0 Å². The lowest BCUT2D eigenvalue weighted by Gasteiger charge is -2.21. The minimum absolute atomic E-state index is 0.00536. The molecule has 0 aromatic heterocycles. The van der Waals surface area contributed by atoms with Gasteiger partial charge < -0.3 is 37.9 Å². The van der Waals surface area contributed by atoms with Crippen molar-refractivity contribution < 1.29 is 57.1 Å². The Labute approximate surface area is 285 Å². The lowest BCUT2D eigenvalue weighted by molar-refractivity contribution is -0.148. The molecule has 2 rings (SSSR count). The number of esters is 4. The highest BCUT2D eigenvalue weighted by Crippen LogP contribution is 2.15. The van der Waals surface area contributed by atoms with Gasteiger partial charge in [-0.15, -0.1) is 0 Å². The molecule has 2 aliphatic heterocycles. The maximum absolute atomic E-state index is 11.8. The summed E-state index contributed by atoms with van der Waals surface area (Å²) in [4.78, 5) is 47.2. The Kier molecular flexibility index (Phi) is 22.0. The van der Waals surface area contributed by atoms with E-state index in [0.717, 1.165) is 0 Å². The number of methoxy groups -OCH3 is 4. The smallest absolute Gasteiger partial charge is 0.309 e. The van der Waals surface area contributed by atoms with E-state index in [0.29, 0.717) is 0 Å². The van der Waals surface area contributed by atoms with Crippen LogP contribution in [0.15, 0.2) is 48.6 Å². The molecule has 8 atom stereocenters. The second kappa shape index (κ2) is 24.8. The normalized spacial score (nSPS) is 33.3. The highest BCUT2D eigenvalue weighted by Gasteiger charge is 2.21. The van der Waals surface area contributed by atoms with Crippen molar-refractivity contribution in [2.45, 2.75) is 77.8 Å². The van der Waals surface area contributed by atoms with Gasteiger partial charge in [-0.05, 0) is 0 Å². The molecule has 48 heavy (non-hydrogen) atoms. The average Bonchev–Trinajstić information content (AvgIpc) is 3.05. The third-order valence-corrected chi connectivity index (χ3v) is 8.09. The molecular weight excluding hydrogens is 624 g/mol. The molecule has 12 heteroatoms. The molecule has 0 bridgehead atoms. The van der Waals surface area contributed by atoms with Crippen LogP contribution in [-0.4, -0.2) is 103 Å². The fourth-order valence-electron chi connectivity index (χ4n) is 4.69. The van der Waals surface area contributed by atoms with Crippen LogP contribution in [0.1, 0.15) is 53.4 Å². The molecule has 0 amide bonds. The fourth-order valence-corrected chi connectivity index (χ4v) is 4.69. The number of carbonyl (C=O) groups excluding carboxylic acids is 4. The van der Waals surface area contributed by atoms with Gasteiger partial charge in [0.05, 0.1) is 50.1 Å². The van der Waals surface area contributed by atoms with Crippen LogP contribution in [0.3, 0.4) is 0 Å². The minimum Gasteiger partial charge on any atom is -0.463 e. The fraction of sp³-hybridized carbons (Fsp3) is 0.667. The molecule has 0 aromatic carbocycles. The SMILES string of the molecule is CO[C@@H]1COC(=O)C/C=C/[C@@H](C)[C@H](OC)COC(=O)C/C=C/[C@H]1C.CO[C@@H]1COC(=O)C/C=C/[C@@H](C)[C@H](OC)COC(=O)C/C=C/[C@H]1C. The second-order valence-electron chi connectivity index (χ2n) is 11.8. The van der Waals surface area contributed by atoms with E-state index in [4.69, 9.17) is 37.9 Å². The molecular formula is C36H56O12. The number of rotatable bonds is 4. The topological polar surface area (TPSA) is 142 Å². The summed E-state index contributed by atoms with van der Waals surface area (Å²) < 4.78 is 42.4. The first-order chi connectivity index (χ1) is 22.9. The van der Waals surface area contributed by atoms with Gasteiger partial charge >= 0.3 is 23.9 Å². The highest BCUT2D eigenvalue weighted by molar-refractivity contribution is 5.72. The summed E-state index contributed by atoms with van der Waals surface area (Å²) in [5.74, 6) is -1.19. The zero-order chi connectivity index (χ0) is 35.9. The van der Waals surface area contributed by atoms with Crippen molar-refractivity contribution in [2.75, 3.05) is 54.9 Å². The van der Waals surface area contributed by atoms with Crippen LogP contribution < -0.4 is 0 Å². The Morgan fingerprint density at radius 2 is 0.604 bits per heavy atom. The molecule has 0 saturated carbocycles. The lowest BCUT2D eigenvalue weighted by atomic mass is 10.0. The van der Waals surface area contributed by atoms with Crippen molar-refractivity contribution in [1.29, 1.82) is 0 Å².